The molecule has 0 aromatic heterocycles. The number of benzene rings is 1. The van der Waals surface area contributed by atoms with Crippen LogP contribution in [-0.2, 0) is 6.42 Å². The maximum absolute atomic E-state index is 9.28. The summed E-state index contributed by atoms with van der Waals surface area (Å²) in [7, 11) is 1.54. The molecule has 2 nitrogen and oxygen atoms in total. The Balaban J connectivity index is 3.13. The maximum Gasteiger partial charge on any atom is 0.164 e. The summed E-state index contributed by atoms with van der Waals surface area (Å²) in [6.07, 6.45) is 0.817. The van der Waals surface area contributed by atoms with Crippen molar-refractivity contribution in [2.24, 2.45) is 0 Å². The lowest BCUT2D eigenvalue weighted by Gasteiger charge is -2.06. The fourth-order valence-electron chi connectivity index (χ4n) is 1.01. The van der Waals surface area contributed by atoms with Gasteiger partial charge in [0.05, 0.1) is 7.11 Å². The van der Waals surface area contributed by atoms with E-state index in [1.54, 1.807) is 19.2 Å². The second-order valence-corrected chi connectivity index (χ2v) is 2.23. The van der Waals surface area contributed by atoms with Gasteiger partial charge in [-0.1, -0.05) is 13.0 Å². The summed E-state index contributed by atoms with van der Waals surface area (Å²) in [4.78, 5) is 0. The molecular formula is C9H11O2. The van der Waals surface area contributed by atoms with Crippen LogP contribution in [0.3, 0.4) is 0 Å². The van der Waals surface area contributed by atoms with Crippen molar-refractivity contribution in [3.8, 4) is 11.5 Å². The number of hydrogen-bond acceptors (Lipinski definition) is 2. The van der Waals surface area contributed by atoms with Crippen molar-refractivity contribution in [3.63, 3.8) is 0 Å². The Morgan fingerprint density at radius 1 is 1.64 bits per heavy atom. The van der Waals surface area contributed by atoms with Gasteiger partial charge in [-0.15, -0.1) is 0 Å². The number of hydrogen-bond donors (Lipinski definition) is 1. The van der Waals surface area contributed by atoms with Crippen LogP contribution in [0.15, 0.2) is 12.1 Å². The zero-order valence-corrected chi connectivity index (χ0v) is 6.72. The Morgan fingerprint density at radius 2 is 2.36 bits per heavy atom. The smallest absolute Gasteiger partial charge is 0.164 e. The minimum absolute atomic E-state index is 0.183. The number of phenolic OH excluding ortho intramolecular Hbond substituents is 1. The SMILES string of the molecule is CCc1[c]ccc(O)c1OC. The van der Waals surface area contributed by atoms with E-state index >= 15 is 0 Å². The van der Waals surface area contributed by atoms with Crippen molar-refractivity contribution >= 4 is 0 Å². The van der Waals surface area contributed by atoms with Gasteiger partial charge in [0, 0.05) is 5.56 Å². The quantitative estimate of drug-likeness (QED) is 0.698. The molecule has 0 aliphatic rings. The summed E-state index contributed by atoms with van der Waals surface area (Å²) >= 11 is 0. The molecule has 0 fully saturated rings. The fraction of sp³-hybridized carbons (Fsp3) is 0.333. The number of methoxy groups -OCH3 is 1. The molecule has 0 saturated carbocycles. The van der Waals surface area contributed by atoms with Crippen molar-refractivity contribution < 1.29 is 9.84 Å². The molecule has 0 aliphatic carbocycles. The normalized spacial score (nSPS) is 9.64. The van der Waals surface area contributed by atoms with Crippen molar-refractivity contribution in [3.05, 3.63) is 23.8 Å². The van der Waals surface area contributed by atoms with Gasteiger partial charge in [-0.3, -0.25) is 0 Å². The van der Waals surface area contributed by atoms with Gasteiger partial charge in [-0.25, -0.2) is 0 Å². The standard InChI is InChI=1S/C9H11O2/c1-3-7-5-4-6-8(10)9(7)11-2/h4,6,10H,3H2,1-2H3. The molecule has 1 aromatic rings. The first-order valence-electron chi connectivity index (χ1n) is 3.56. The number of aromatic hydroxyl groups is 1. The van der Waals surface area contributed by atoms with Gasteiger partial charge in [0.1, 0.15) is 0 Å². The van der Waals surface area contributed by atoms with Crippen LogP contribution in [0.4, 0.5) is 0 Å². The third kappa shape index (κ3) is 1.45. The molecule has 0 unspecified atom stereocenters. The summed E-state index contributed by atoms with van der Waals surface area (Å²) in [6, 6.07) is 6.25. The Labute approximate surface area is 66.4 Å². The minimum atomic E-state index is 0.183. The fourth-order valence-corrected chi connectivity index (χ4v) is 1.01. The van der Waals surface area contributed by atoms with Gasteiger partial charge in [0.15, 0.2) is 11.5 Å². The molecule has 0 aliphatic heterocycles. The molecule has 2 heteroatoms. The Hall–Kier alpha value is -1.18. The number of phenols is 1. The molecule has 0 amide bonds. The van der Waals surface area contributed by atoms with Crippen molar-refractivity contribution in [1.82, 2.24) is 0 Å². The number of aryl methyl sites for hydroxylation is 1. The molecule has 0 bridgehead atoms. The molecule has 1 rings (SSSR count). The highest BCUT2D eigenvalue weighted by atomic mass is 16.5. The molecular weight excluding hydrogens is 140 g/mol. The Kier molecular flexibility index (Phi) is 2.36. The molecule has 0 heterocycles. The number of rotatable bonds is 2. The van der Waals surface area contributed by atoms with Crippen LogP contribution in [0.25, 0.3) is 0 Å². The van der Waals surface area contributed by atoms with Crippen LogP contribution < -0.4 is 4.74 Å². The predicted octanol–water partition coefficient (Wildman–Crippen LogP) is 1.76. The van der Waals surface area contributed by atoms with E-state index in [0.29, 0.717) is 5.75 Å². The maximum atomic E-state index is 9.28. The van der Waals surface area contributed by atoms with Gasteiger partial charge >= 0.3 is 0 Å². The summed E-state index contributed by atoms with van der Waals surface area (Å²) in [5.41, 5.74) is 0.910. The average molecular weight is 151 g/mol. The summed E-state index contributed by atoms with van der Waals surface area (Å²) in [5.74, 6) is 0.720. The summed E-state index contributed by atoms with van der Waals surface area (Å²) < 4.78 is 4.99. The van der Waals surface area contributed by atoms with E-state index in [1.165, 1.54) is 0 Å². The zero-order valence-electron chi connectivity index (χ0n) is 6.72. The Morgan fingerprint density at radius 3 is 2.82 bits per heavy atom. The molecule has 0 atom stereocenters. The highest BCUT2D eigenvalue weighted by Crippen LogP contribution is 2.29. The van der Waals surface area contributed by atoms with Gasteiger partial charge in [-0.2, -0.15) is 0 Å². The Bertz CT molecular complexity index is 243. The van der Waals surface area contributed by atoms with Crippen LogP contribution in [0.5, 0.6) is 11.5 Å². The lowest BCUT2D eigenvalue weighted by molar-refractivity contribution is 0.369. The molecule has 1 aromatic carbocycles. The van der Waals surface area contributed by atoms with Crippen LogP contribution in [0.2, 0.25) is 0 Å². The first-order valence-corrected chi connectivity index (χ1v) is 3.56. The first-order chi connectivity index (χ1) is 5.29. The largest absolute Gasteiger partial charge is 0.504 e. The molecule has 11 heavy (non-hydrogen) atoms. The lowest BCUT2D eigenvalue weighted by atomic mass is 10.1. The lowest BCUT2D eigenvalue weighted by Crippen LogP contribution is -1.90. The van der Waals surface area contributed by atoms with E-state index in [4.69, 9.17) is 4.74 Å². The molecule has 1 radical (unpaired) electrons. The molecule has 0 saturated heterocycles. The van der Waals surface area contributed by atoms with E-state index in [0.717, 1.165) is 12.0 Å². The topological polar surface area (TPSA) is 29.5 Å². The van der Waals surface area contributed by atoms with Gasteiger partial charge in [-0.05, 0) is 18.6 Å². The van der Waals surface area contributed by atoms with Crippen LogP contribution in [0, 0.1) is 6.07 Å². The van der Waals surface area contributed by atoms with E-state index in [9.17, 15) is 5.11 Å². The summed E-state index contributed by atoms with van der Waals surface area (Å²) in [5, 5.41) is 9.28. The first kappa shape index (κ1) is 7.92. The minimum Gasteiger partial charge on any atom is -0.504 e. The number of ether oxygens (including phenoxy) is 1. The van der Waals surface area contributed by atoms with Gasteiger partial charge in [0.25, 0.3) is 0 Å². The van der Waals surface area contributed by atoms with E-state index < -0.39 is 0 Å². The van der Waals surface area contributed by atoms with E-state index in [2.05, 4.69) is 6.07 Å². The van der Waals surface area contributed by atoms with Crippen LogP contribution >= 0.6 is 0 Å². The van der Waals surface area contributed by atoms with E-state index in [1.807, 2.05) is 6.92 Å². The van der Waals surface area contributed by atoms with E-state index in [-0.39, 0.29) is 5.75 Å². The zero-order chi connectivity index (χ0) is 8.27. The van der Waals surface area contributed by atoms with Crippen molar-refractivity contribution in [2.75, 3.05) is 7.11 Å². The summed E-state index contributed by atoms with van der Waals surface area (Å²) in [6.45, 7) is 1.99. The molecule has 0 spiro atoms. The highest BCUT2D eigenvalue weighted by Gasteiger charge is 2.04. The highest BCUT2D eigenvalue weighted by molar-refractivity contribution is 5.44. The van der Waals surface area contributed by atoms with Crippen LogP contribution in [-0.4, -0.2) is 12.2 Å². The third-order valence-electron chi connectivity index (χ3n) is 1.56. The molecule has 59 valence electrons. The second-order valence-electron chi connectivity index (χ2n) is 2.23. The predicted molar refractivity (Wildman–Crippen MR) is 42.9 cm³/mol. The van der Waals surface area contributed by atoms with Crippen molar-refractivity contribution in [1.29, 1.82) is 0 Å². The van der Waals surface area contributed by atoms with Gasteiger partial charge in [0.2, 0.25) is 0 Å². The van der Waals surface area contributed by atoms with Gasteiger partial charge < -0.3 is 9.84 Å². The monoisotopic (exact) mass is 151 g/mol. The molecule has 1 N–H and O–H groups in total. The second kappa shape index (κ2) is 3.28. The van der Waals surface area contributed by atoms with Crippen LogP contribution in [0.1, 0.15) is 12.5 Å². The average Bonchev–Trinajstić information content (AvgIpc) is 2.04. The van der Waals surface area contributed by atoms with Crippen molar-refractivity contribution in [2.45, 2.75) is 13.3 Å². The third-order valence-corrected chi connectivity index (χ3v) is 1.56.